The minimum absolute atomic E-state index is 0. The van der Waals surface area contributed by atoms with E-state index in [4.69, 9.17) is 9.97 Å². The first-order chi connectivity index (χ1) is 55.7. The number of para-hydroxylation sites is 5. The molecule has 0 fully saturated rings. The largest absolute Gasteiger partial charge is 3.00 e. The number of imidazole rings is 1. The summed E-state index contributed by atoms with van der Waals surface area (Å²) in [5.74, 6) is 2.18. The van der Waals surface area contributed by atoms with Crippen LogP contribution in [-0.2, 0) is 53.1 Å². The Labute approximate surface area is 701 Å². The van der Waals surface area contributed by atoms with Crippen molar-refractivity contribution in [3.8, 4) is 67.7 Å². The van der Waals surface area contributed by atoms with Crippen LogP contribution in [0.1, 0.15) is 44.4 Å². The van der Waals surface area contributed by atoms with Gasteiger partial charge in [-0.05, 0) is 143 Å². The van der Waals surface area contributed by atoms with Gasteiger partial charge in [-0.25, -0.2) is 4.98 Å². The molecule has 21 aromatic rings. The van der Waals surface area contributed by atoms with Crippen LogP contribution in [0.4, 0.5) is 0 Å². The molecule has 0 aliphatic rings. The van der Waals surface area contributed by atoms with Crippen molar-refractivity contribution in [3.63, 3.8) is 0 Å². The third-order valence-electron chi connectivity index (χ3n) is 20.5. The predicted octanol–water partition coefficient (Wildman–Crippen LogP) is 26.8. The molecule has 8 nitrogen and oxygen atoms in total. The summed E-state index contributed by atoms with van der Waals surface area (Å²) in [6, 6.07) is 126. The third-order valence-corrected chi connectivity index (χ3v) is 21.7. The van der Waals surface area contributed by atoms with Gasteiger partial charge in [0.15, 0.2) is 5.82 Å². The molecule has 11 heteroatoms. The van der Waals surface area contributed by atoms with Gasteiger partial charge in [0, 0.05) is 110 Å². The van der Waals surface area contributed by atoms with Crippen LogP contribution >= 0.6 is 11.3 Å². The first-order valence-corrected chi connectivity index (χ1v) is 39.3. The maximum atomic E-state index is 4.97. The van der Waals surface area contributed by atoms with Gasteiger partial charge in [0.2, 0.25) is 0 Å². The van der Waals surface area contributed by atoms with Gasteiger partial charge in [0.1, 0.15) is 0 Å². The average Bonchev–Trinajstić information content (AvgIpc) is 1.47. The first kappa shape index (κ1) is 77.9. The summed E-state index contributed by atoms with van der Waals surface area (Å²) in [7, 11) is 0. The Kier molecular flexibility index (Phi) is 24.2. The maximum Gasteiger partial charge on any atom is 3.00 e. The van der Waals surface area contributed by atoms with Crippen molar-refractivity contribution in [1.82, 2.24) is 38.5 Å². The van der Waals surface area contributed by atoms with E-state index in [2.05, 4.69) is 288 Å². The summed E-state index contributed by atoms with van der Waals surface area (Å²) < 4.78 is 9.55. The maximum absolute atomic E-state index is 4.97. The molecule has 0 atom stereocenters. The van der Waals surface area contributed by atoms with Crippen molar-refractivity contribution < 1.29 is 40.2 Å². The molecular weight excluding hydrogens is 1780 g/mol. The Morgan fingerprint density at radius 1 is 0.365 bits per heavy atom. The third kappa shape index (κ3) is 16.3. The molecule has 0 unspecified atom stereocenters. The molecule has 12 aromatic carbocycles. The van der Waals surface area contributed by atoms with Crippen molar-refractivity contribution in [1.29, 1.82) is 0 Å². The molecule has 0 saturated carbocycles. The quantitative estimate of drug-likeness (QED) is 0.0952. The Morgan fingerprint density at radius 3 is 1.36 bits per heavy atom. The fourth-order valence-electron chi connectivity index (χ4n) is 15.5. The molecule has 0 bridgehead atoms. The Hall–Kier alpha value is -12.4. The average molecular weight is 1860 g/mol. The first-order valence-electron chi connectivity index (χ1n) is 38.5. The van der Waals surface area contributed by atoms with E-state index < -0.39 is 0 Å². The van der Waals surface area contributed by atoms with E-state index in [1.165, 1.54) is 125 Å². The second-order valence-electron chi connectivity index (χ2n) is 29.0. The Bertz CT molecular complexity index is 6600. The van der Waals surface area contributed by atoms with Gasteiger partial charge >= 0.3 is 20.1 Å². The molecular formula is C104H80Ir2N8S-. The zero-order chi connectivity index (χ0) is 76.6. The smallest absolute Gasteiger partial charge is 0.333 e. The van der Waals surface area contributed by atoms with Crippen molar-refractivity contribution in [2.75, 3.05) is 0 Å². The van der Waals surface area contributed by atoms with Crippen LogP contribution in [0, 0.1) is 43.0 Å². The zero-order valence-corrected chi connectivity index (χ0v) is 69.9. The molecule has 0 aliphatic heterocycles. The van der Waals surface area contributed by atoms with E-state index in [1.807, 2.05) is 157 Å². The SMILES string of the molecule is CC(C)Cc1cccc(CC(C)C)c1-c1cnc2c3[c-]cccc3c3ccccc3n12.Cc1cc(-c2[c-]cccc2)ncc1-c1ccccc1.[Ir+3].[Ir].[c-]1ccccc1-c1ccccn1.[c-]1ccccc1-c1ccccn1.c1ccc2c(c1)c1ccccc1n2-c1ccc2sc3c(-n4c5ccccc5c5ccccc54)nccc3c2c1. The minimum Gasteiger partial charge on any atom is -0.333 e. The summed E-state index contributed by atoms with van der Waals surface area (Å²) in [5, 5.41) is 11.1. The van der Waals surface area contributed by atoms with E-state index >= 15 is 0 Å². The van der Waals surface area contributed by atoms with Crippen molar-refractivity contribution in [2.45, 2.75) is 47.5 Å². The molecule has 115 heavy (non-hydrogen) atoms. The van der Waals surface area contributed by atoms with Gasteiger partial charge < -0.3 is 23.9 Å². The van der Waals surface area contributed by atoms with E-state index in [0.29, 0.717) is 11.8 Å². The van der Waals surface area contributed by atoms with Gasteiger partial charge in [0.25, 0.3) is 0 Å². The van der Waals surface area contributed by atoms with E-state index in [-0.39, 0.29) is 40.2 Å². The number of hydrogen-bond donors (Lipinski definition) is 0. The summed E-state index contributed by atoms with van der Waals surface area (Å²) >= 11 is 1.82. The molecule has 1 radical (unpaired) electrons. The van der Waals surface area contributed by atoms with Crippen LogP contribution in [0.5, 0.6) is 0 Å². The van der Waals surface area contributed by atoms with Crippen molar-refractivity contribution in [3.05, 3.63) is 400 Å². The van der Waals surface area contributed by atoms with E-state index in [1.54, 1.807) is 12.4 Å². The number of benzene rings is 12. The van der Waals surface area contributed by atoms with E-state index in [9.17, 15) is 0 Å². The second-order valence-corrected chi connectivity index (χ2v) is 30.0. The molecule has 0 amide bonds. The van der Waals surface area contributed by atoms with Crippen LogP contribution in [0.3, 0.4) is 0 Å². The molecule has 21 rings (SSSR count). The van der Waals surface area contributed by atoms with Gasteiger partial charge in [0.05, 0.1) is 38.1 Å². The van der Waals surface area contributed by atoms with Gasteiger partial charge in [-0.1, -0.05) is 203 Å². The molecule has 0 aliphatic carbocycles. The van der Waals surface area contributed by atoms with E-state index in [0.717, 1.165) is 63.5 Å². The summed E-state index contributed by atoms with van der Waals surface area (Å²) in [4.78, 5) is 22.9. The van der Waals surface area contributed by atoms with Crippen LogP contribution in [0.25, 0.3) is 159 Å². The molecule has 9 aromatic heterocycles. The van der Waals surface area contributed by atoms with Gasteiger partial charge in [-0.3, -0.25) is 9.55 Å². The molecule has 561 valence electrons. The minimum atomic E-state index is 0. The number of hydrogen-bond acceptors (Lipinski definition) is 6. The number of rotatable bonds is 11. The second kappa shape index (κ2) is 35.7. The fraction of sp³-hybridized carbons (Fsp3) is 0.0865. The number of thiophene rings is 1. The summed E-state index contributed by atoms with van der Waals surface area (Å²) in [6.45, 7) is 11.3. The van der Waals surface area contributed by atoms with Crippen LogP contribution in [0.15, 0.2) is 359 Å². The number of fused-ring (bicyclic) bond motifs is 15. The number of nitrogens with zero attached hydrogens (tertiary/aromatic N) is 8. The fourth-order valence-corrected chi connectivity index (χ4v) is 16.7. The van der Waals surface area contributed by atoms with Crippen molar-refractivity contribution in [2.24, 2.45) is 11.8 Å². The molecule has 9 heterocycles. The van der Waals surface area contributed by atoms with Crippen LogP contribution < -0.4 is 0 Å². The van der Waals surface area contributed by atoms with Crippen LogP contribution in [0.2, 0.25) is 0 Å². The van der Waals surface area contributed by atoms with Crippen molar-refractivity contribution >= 4 is 102 Å². The molecule has 0 N–H and O–H groups in total. The zero-order valence-electron chi connectivity index (χ0n) is 64.3. The number of pyridine rings is 5. The molecule has 0 spiro atoms. The molecule has 0 saturated heterocycles. The standard InChI is InChI=1S/C35H21N3S.C29H29N2.C18H14N.2C11H8N.2Ir/c1-5-13-29-23(9-1)24-10-2-6-14-30(24)37(29)22-17-18-33-28(21-22)27-19-20-36-35(34(27)39-33)38-31-15-7-3-11-25(31)26-12-4-8-16-32(26)38;1-19(2)16-21-10-9-11-22(17-20(3)4)28(21)27-18-30-29-25-14-6-5-12-23(25)24-13-7-8-15-26(24)31(27)29;1-14-12-18(16-10-6-3-7-11-16)19-13-17(14)15-8-4-2-5-9-15;2*1-2-6-10(7-3-1)11-8-4-5-9-12-11;;/h1-21H;5-13,15,18-20H,16-17H2,1-4H3;2-10,12-13H,1H3;2*1-6,8-9H;;/q;4*-1;;+3. The topological polar surface area (TPSA) is 78.7 Å². The Balaban J connectivity index is 0.000000121. The van der Waals surface area contributed by atoms with Gasteiger partial charge in [-0.2, -0.15) is 0 Å². The normalized spacial score (nSPS) is 11.1. The monoisotopic (exact) mass is 1860 g/mol. The number of aryl methyl sites for hydroxylation is 1. The predicted molar refractivity (Wildman–Crippen MR) is 473 cm³/mol. The van der Waals surface area contributed by atoms with Gasteiger partial charge in [-0.15, -0.1) is 149 Å². The summed E-state index contributed by atoms with van der Waals surface area (Å²) in [5.41, 5.74) is 23.2. The summed E-state index contributed by atoms with van der Waals surface area (Å²) in [6.07, 6.45) is 11.7. The number of aromatic nitrogens is 8. The Morgan fingerprint density at radius 2 is 0.843 bits per heavy atom. The van der Waals surface area contributed by atoms with Crippen LogP contribution in [-0.4, -0.2) is 38.5 Å².